The third kappa shape index (κ3) is 3.20. The van der Waals surface area contributed by atoms with Crippen molar-refractivity contribution in [1.29, 1.82) is 0 Å². The van der Waals surface area contributed by atoms with Crippen molar-refractivity contribution in [2.24, 2.45) is 17.6 Å². The normalized spacial score (nSPS) is 27.5. The Kier molecular flexibility index (Phi) is 4.08. The summed E-state index contributed by atoms with van der Waals surface area (Å²) in [5.74, 6) is 1.10. The van der Waals surface area contributed by atoms with Gasteiger partial charge < -0.3 is 11.1 Å². The van der Waals surface area contributed by atoms with E-state index in [1.165, 1.54) is 12.8 Å². The van der Waals surface area contributed by atoms with Gasteiger partial charge in [0.25, 0.3) is 0 Å². The first-order valence-electron chi connectivity index (χ1n) is 7.60. The fourth-order valence-corrected chi connectivity index (χ4v) is 4.05. The number of thiazole rings is 1. The smallest absolute Gasteiger partial charge is 0.220 e. The van der Waals surface area contributed by atoms with Gasteiger partial charge in [0.1, 0.15) is 5.01 Å². The minimum absolute atomic E-state index is 0.124. The maximum atomic E-state index is 12.3. The lowest BCUT2D eigenvalue weighted by atomic mass is 9.99. The van der Waals surface area contributed by atoms with Crippen molar-refractivity contribution in [1.82, 2.24) is 10.3 Å². The third-order valence-electron chi connectivity index (χ3n) is 4.48. The van der Waals surface area contributed by atoms with Gasteiger partial charge in [0.05, 0.1) is 6.04 Å². The van der Waals surface area contributed by atoms with E-state index in [0.29, 0.717) is 18.3 Å². The minimum Gasteiger partial charge on any atom is -0.347 e. The molecule has 2 fully saturated rings. The molecule has 3 N–H and O–H groups in total. The lowest BCUT2D eigenvalue weighted by Crippen LogP contribution is -2.34. The van der Waals surface area contributed by atoms with E-state index in [1.807, 2.05) is 6.92 Å². The van der Waals surface area contributed by atoms with E-state index < -0.39 is 0 Å². The molecular weight excluding hydrogens is 270 g/mol. The second-order valence-corrected chi connectivity index (χ2v) is 7.16. The van der Waals surface area contributed by atoms with Crippen molar-refractivity contribution in [2.75, 3.05) is 0 Å². The van der Waals surface area contributed by atoms with Crippen LogP contribution in [0, 0.1) is 18.8 Å². The lowest BCUT2D eigenvalue weighted by Gasteiger charge is -2.19. The Morgan fingerprint density at radius 2 is 2.30 bits per heavy atom. The highest BCUT2D eigenvalue weighted by molar-refractivity contribution is 7.09. The fourth-order valence-electron chi connectivity index (χ4n) is 3.12. The molecule has 0 spiro atoms. The standard InChI is InChI=1S/C15H23N3OS/c1-9-8-20-15(17-9)14(10-5-6-10)18-13(19)7-11-3-2-4-12(11)16/h8,10-12,14H,2-7,16H2,1H3,(H,18,19)/t11-,12+,14?/m0/s1. The number of nitrogens with two attached hydrogens (primary N) is 1. The monoisotopic (exact) mass is 293 g/mol. The lowest BCUT2D eigenvalue weighted by molar-refractivity contribution is -0.123. The molecule has 2 aliphatic rings. The van der Waals surface area contributed by atoms with Crippen molar-refractivity contribution in [3.63, 3.8) is 0 Å². The molecule has 2 aliphatic carbocycles. The number of carbonyl (C=O) groups excluding carboxylic acids is 1. The Balaban J connectivity index is 1.60. The summed E-state index contributed by atoms with van der Waals surface area (Å²) in [6, 6.07) is 0.334. The first kappa shape index (κ1) is 14.0. The summed E-state index contributed by atoms with van der Waals surface area (Å²) in [5.41, 5.74) is 7.10. The van der Waals surface area contributed by atoms with Gasteiger partial charge in [-0.25, -0.2) is 4.98 Å². The molecule has 110 valence electrons. The Hall–Kier alpha value is -0.940. The highest BCUT2D eigenvalue weighted by Gasteiger charge is 2.36. The Morgan fingerprint density at radius 1 is 1.50 bits per heavy atom. The molecule has 3 atom stereocenters. The largest absolute Gasteiger partial charge is 0.347 e. The number of nitrogens with zero attached hydrogens (tertiary/aromatic N) is 1. The molecule has 0 bridgehead atoms. The number of hydrogen-bond donors (Lipinski definition) is 2. The summed E-state index contributed by atoms with van der Waals surface area (Å²) >= 11 is 1.66. The van der Waals surface area contributed by atoms with Gasteiger partial charge in [-0.1, -0.05) is 6.42 Å². The highest BCUT2D eigenvalue weighted by Crippen LogP contribution is 2.42. The van der Waals surface area contributed by atoms with E-state index in [-0.39, 0.29) is 18.0 Å². The van der Waals surface area contributed by atoms with Crippen LogP contribution in [0.1, 0.15) is 55.3 Å². The average Bonchev–Trinajstić information content (AvgIpc) is 3.05. The molecule has 1 aromatic rings. The summed E-state index contributed by atoms with van der Waals surface area (Å²) in [7, 11) is 0. The number of amides is 1. The molecular formula is C15H23N3OS. The molecule has 5 heteroatoms. The number of nitrogens with one attached hydrogen (secondary N) is 1. The van der Waals surface area contributed by atoms with Gasteiger partial charge in [-0.3, -0.25) is 4.79 Å². The van der Waals surface area contributed by atoms with Crippen molar-refractivity contribution in [3.8, 4) is 0 Å². The molecule has 1 heterocycles. The second-order valence-electron chi connectivity index (χ2n) is 6.27. The van der Waals surface area contributed by atoms with Crippen LogP contribution in [0.15, 0.2) is 5.38 Å². The highest BCUT2D eigenvalue weighted by atomic mass is 32.1. The molecule has 0 aromatic carbocycles. The van der Waals surface area contributed by atoms with E-state index in [0.717, 1.165) is 30.0 Å². The number of aryl methyl sites for hydroxylation is 1. The summed E-state index contributed by atoms with van der Waals surface area (Å²) in [4.78, 5) is 16.8. The quantitative estimate of drug-likeness (QED) is 0.876. The SMILES string of the molecule is Cc1csc(C(NC(=O)C[C@@H]2CCC[C@H]2N)C2CC2)n1. The summed E-state index contributed by atoms with van der Waals surface area (Å²) in [5, 5.41) is 6.33. The number of hydrogen-bond acceptors (Lipinski definition) is 4. The minimum atomic E-state index is 0.124. The van der Waals surface area contributed by atoms with Gasteiger partial charge >= 0.3 is 0 Å². The zero-order valence-electron chi connectivity index (χ0n) is 12.0. The molecule has 1 unspecified atom stereocenters. The molecule has 1 aromatic heterocycles. The fraction of sp³-hybridized carbons (Fsp3) is 0.733. The summed E-state index contributed by atoms with van der Waals surface area (Å²) in [6.07, 6.45) is 6.30. The van der Waals surface area contributed by atoms with Gasteiger partial charge in [0.2, 0.25) is 5.91 Å². The van der Waals surface area contributed by atoms with E-state index in [4.69, 9.17) is 5.73 Å². The first-order chi connectivity index (χ1) is 9.63. The van der Waals surface area contributed by atoms with E-state index in [1.54, 1.807) is 11.3 Å². The average molecular weight is 293 g/mol. The molecule has 3 rings (SSSR count). The molecule has 4 nitrogen and oxygen atoms in total. The Morgan fingerprint density at radius 3 is 2.85 bits per heavy atom. The topological polar surface area (TPSA) is 68.0 Å². The maximum Gasteiger partial charge on any atom is 0.220 e. The van der Waals surface area contributed by atoms with Gasteiger partial charge in [-0.05, 0) is 44.4 Å². The van der Waals surface area contributed by atoms with Gasteiger partial charge in [-0.15, -0.1) is 11.3 Å². The van der Waals surface area contributed by atoms with Crippen LogP contribution in [-0.4, -0.2) is 16.9 Å². The van der Waals surface area contributed by atoms with Crippen molar-refractivity contribution in [3.05, 3.63) is 16.1 Å². The predicted octanol–water partition coefficient (Wildman–Crippen LogP) is 2.54. The summed E-state index contributed by atoms with van der Waals surface area (Å²) in [6.45, 7) is 2.00. The molecule has 2 saturated carbocycles. The molecule has 0 saturated heterocycles. The van der Waals surface area contributed by atoms with Gasteiger partial charge in [0.15, 0.2) is 0 Å². The van der Waals surface area contributed by atoms with Crippen LogP contribution in [0.3, 0.4) is 0 Å². The van der Waals surface area contributed by atoms with Crippen LogP contribution in [-0.2, 0) is 4.79 Å². The van der Waals surface area contributed by atoms with Crippen molar-refractivity contribution in [2.45, 2.75) is 57.5 Å². The van der Waals surface area contributed by atoms with E-state index in [9.17, 15) is 4.79 Å². The Bertz CT molecular complexity index is 483. The maximum absolute atomic E-state index is 12.3. The van der Waals surface area contributed by atoms with Crippen LogP contribution in [0.4, 0.5) is 0 Å². The number of rotatable bonds is 5. The van der Waals surface area contributed by atoms with Crippen molar-refractivity contribution >= 4 is 17.2 Å². The molecule has 1 amide bonds. The zero-order chi connectivity index (χ0) is 14.1. The van der Waals surface area contributed by atoms with Crippen LogP contribution in [0.25, 0.3) is 0 Å². The van der Waals surface area contributed by atoms with Gasteiger partial charge in [-0.2, -0.15) is 0 Å². The molecule has 0 radical (unpaired) electrons. The van der Waals surface area contributed by atoms with E-state index >= 15 is 0 Å². The van der Waals surface area contributed by atoms with Crippen molar-refractivity contribution < 1.29 is 4.79 Å². The van der Waals surface area contributed by atoms with Crippen LogP contribution in [0.2, 0.25) is 0 Å². The van der Waals surface area contributed by atoms with Crippen LogP contribution < -0.4 is 11.1 Å². The second kappa shape index (κ2) is 5.82. The molecule has 20 heavy (non-hydrogen) atoms. The van der Waals surface area contributed by atoms with Gasteiger partial charge in [0, 0.05) is 23.5 Å². The number of carbonyl (C=O) groups is 1. The molecule has 0 aliphatic heterocycles. The van der Waals surface area contributed by atoms with Crippen LogP contribution >= 0.6 is 11.3 Å². The zero-order valence-corrected chi connectivity index (χ0v) is 12.8. The van der Waals surface area contributed by atoms with E-state index in [2.05, 4.69) is 15.7 Å². The third-order valence-corrected chi connectivity index (χ3v) is 5.52. The Labute approximate surface area is 124 Å². The summed E-state index contributed by atoms with van der Waals surface area (Å²) < 4.78 is 0. The number of aromatic nitrogens is 1. The van der Waals surface area contributed by atoms with Crippen LogP contribution in [0.5, 0.6) is 0 Å². The first-order valence-corrected chi connectivity index (χ1v) is 8.48. The predicted molar refractivity (Wildman–Crippen MR) is 80.4 cm³/mol.